The number of aromatic nitrogens is 2. The van der Waals surface area contributed by atoms with Crippen molar-refractivity contribution >= 4 is 17.5 Å². The van der Waals surface area contributed by atoms with Gasteiger partial charge in [0.05, 0.1) is 0 Å². The van der Waals surface area contributed by atoms with Gasteiger partial charge in [0, 0.05) is 24.0 Å². The highest BCUT2D eigenvalue weighted by Gasteiger charge is 2.29. The van der Waals surface area contributed by atoms with Crippen molar-refractivity contribution in [1.82, 2.24) is 9.36 Å². The third-order valence-electron chi connectivity index (χ3n) is 2.53. The number of carbonyl (C=O) groups is 1. The number of aliphatic carboxylic acids is 1. The molecule has 18 heavy (non-hydrogen) atoms. The van der Waals surface area contributed by atoms with Crippen LogP contribution in [-0.4, -0.2) is 26.5 Å². The van der Waals surface area contributed by atoms with Crippen LogP contribution in [0.5, 0.6) is 16.7 Å². The number of rotatable bonds is 3. The highest BCUT2D eigenvalue weighted by atomic mass is 32.1. The van der Waals surface area contributed by atoms with Crippen LogP contribution in [0.15, 0.2) is 24.5 Å². The van der Waals surface area contributed by atoms with E-state index < -0.39 is 12.1 Å². The van der Waals surface area contributed by atoms with Crippen LogP contribution in [0, 0.1) is 0 Å². The van der Waals surface area contributed by atoms with Gasteiger partial charge in [0.25, 0.3) is 5.19 Å². The van der Waals surface area contributed by atoms with Crippen molar-refractivity contribution in [2.45, 2.75) is 12.5 Å². The minimum absolute atomic E-state index is 0.379. The predicted molar refractivity (Wildman–Crippen MR) is 62.2 cm³/mol. The Morgan fingerprint density at radius 2 is 2.44 bits per heavy atom. The van der Waals surface area contributed by atoms with Crippen LogP contribution in [0.3, 0.4) is 0 Å². The van der Waals surface area contributed by atoms with E-state index in [9.17, 15) is 4.79 Å². The second kappa shape index (κ2) is 4.26. The molecule has 1 aliphatic heterocycles. The van der Waals surface area contributed by atoms with E-state index in [1.54, 1.807) is 18.2 Å². The monoisotopic (exact) mass is 264 g/mol. The van der Waals surface area contributed by atoms with E-state index in [0.717, 1.165) is 17.1 Å². The quantitative estimate of drug-likeness (QED) is 0.909. The lowest BCUT2D eigenvalue weighted by Gasteiger charge is -2.05. The average molecular weight is 264 g/mol. The Kier molecular flexibility index (Phi) is 2.60. The maximum Gasteiger partial charge on any atom is 0.345 e. The van der Waals surface area contributed by atoms with Gasteiger partial charge in [0.1, 0.15) is 17.8 Å². The molecule has 1 atom stereocenters. The molecule has 2 heterocycles. The van der Waals surface area contributed by atoms with Crippen LogP contribution in [0.1, 0.15) is 5.56 Å². The SMILES string of the molecule is O=C(O)C1Cc2ccc(Oc3ncns3)cc2O1. The van der Waals surface area contributed by atoms with Crippen LogP contribution in [0.2, 0.25) is 0 Å². The molecule has 92 valence electrons. The Labute approximate surface area is 106 Å². The zero-order chi connectivity index (χ0) is 12.5. The van der Waals surface area contributed by atoms with Gasteiger partial charge in [-0.1, -0.05) is 6.07 Å². The van der Waals surface area contributed by atoms with Crippen molar-refractivity contribution in [3.63, 3.8) is 0 Å². The van der Waals surface area contributed by atoms with E-state index in [1.807, 2.05) is 0 Å². The third-order valence-corrected chi connectivity index (χ3v) is 3.08. The first kappa shape index (κ1) is 11.0. The number of carboxylic acid groups (broad SMARTS) is 1. The highest BCUT2D eigenvalue weighted by molar-refractivity contribution is 7.07. The molecule has 2 aromatic rings. The fourth-order valence-corrected chi connectivity index (χ4v) is 2.13. The molecule has 1 aromatic heterocycles. The molecule has 0 aliphatic carbocycles. The van der Waals surface area contributed by atoms with Crippen molar-refractivity contribution in [3.8, 4) is 16.7 Å². The van der Waals surface area contributed by atoms with Crippen molar-refractivity contribution in [2.24, 2.45) is 0 Å². The van der Waals surface area contributed by atoms with Gasteiger partial charge in [-0.05, 0) is 11.6 Å². The summed E-state index contributed by atoms with van der Waals surface area (Å²) in [6.45, 7) is 0. The van der Waals surface area contributed by atoms with E-state index in [4.69, 9.17) is 14.6 Å². The molecule has 0 saturated heterocycles. The molecular formula is C11H8N2O4S. The van der Waals surface area contributed by atoms with E-state index >= 15 is 0 Å². The van der Waals surface area contributed by atoms with Crippen LogP contribution in [0.25, 0.3) is 0 Å². The van der Waals surface area contributed by atoms with E-state index in [1.165, 1.54) is 6.33 Å². The van der Waals surface area contributed by atoms with Gasteiger partial charge in [0.2, 0.25) is 0 Å². The second-order valence-electron chi connectivity index (χ2n) is 3.73. The molecule has 0 radical (unpaired) electrons. The van der Waals surface area contributed by atoms with Gasteiger partial charge in [-0.15, -0.1) is 0 Å². The molecule has 1 aliphatic rings. The van der Waals surface area contributed by atoms with Crippen molar-refractivity contribution in [1.29, 1.82) is 0 Å². The summed E-state index contributed by atoms with van der Waals surface area (Å²) in [7, 11) is 0. The van der Waals surface area contributed by atoms with Crippen LogP contribution >= 0.6 is 11.5 Å². The first-order chi connectivity index (χ1) is 8.72. The first-order valence-electron chi connectivity index (χ1n) is 5.19. The molecule has 6 nitrogen and oxygen atoms in total. The Bertz CT molecular complexity index is 585. The largest absolute Gasteiger partial charge is 0.478 e. The van der Waals surface area contributed by atoms with E-state index in [-0.39, 0.29) is 0 Å². The lowest BCUT2D eigenvalue weighted by molar-refractivity contribution is -0.144. The average Bonchev–Trinajstić information content (AvgIpc) is 2.96. The smallest absolute Gasteiger partial charge is 0.345 e. The summed E-state index contributed by atoms with van der Waals surface area (Å²) in [6, 6.07) is 5.22. The number of ether oxygens (including phenoxy) is 2. The summed E-state index contributed by atoms with van der Waals surface area (Å²) < 4.78 is 14.6. The molecule has 0 saturated carbocycles. The molecule has 0 amide bonds. The summed E-state index contributed by atoms with van der Waals surface area (Å²) >= 11 is 1.14. The molecule has 1 N–H and O–H groups in total. The molecule has 0 bridgehead atoms. The van der Waals surface area contributed by atoms with Crippen molar-refractivity contribution < 1.29 is 19.4 Å². The Morgan fingerprint density at radius 3 is 3.17 bits per heavy atom. The number of hydrogen-bond acceptors (Lipinski definition) is 6. The van der Waals surface area contributed by atoms with Gasteiger partial charge in [0.15, 0.2) is 6.10 Å². The fourth-order valence-electron chi connectivity index (χ4n) is 1.72. The zero-order valence-corrected chi connectivity index (χ0v) is 9.88. The van der Waals surface area contributed by atoms with Gasteiger partial charge < -0.3 is 14.6 Å². The molecule has 7 heteroatoms. The van der Waals surface area contributed by atoms with Gasteiger partial charge in [-0.2, -0.15) is 9.36 Å². The summed E-state index contributed by atoms with van der Waals surface area (Å²) in [6.07, 6.45) is 0.977. The molecule has 1 unspecified atom stereocenters. The number of hydrogen-bond donors (Lipinski definition) is 1. The normalized spacial score (nSPS) is 17.0. The summed E-state index contributed by atoms with van der Waals surface area (Å²) in [5.74, 6) is 0.138. The van der Waals surface area contributed by atoms with Gasteiger partial charge in [-0.3, -0.25) is 0 Å². The molecule has 3 rings (SSSR count). The van der Waals surface area contributed by atoms with Crippen molar-refractivity contribution in [3.05, 3.63) is 30.1 Å². The Balaban J connectivity index is 1.81. The van der Waals surface area contributed by atoms with Crippen LogP contribution in [0.4, 0.5) is 0 Å². The van der Waals surface area contributed by atoms with Crippen molar-refractivity contribution in [2.75, 3.05) is 0 Å². The summed E-state index contributed by atoms with van der Waals surface area (Å²) in [5.41, 5.74) is 0.868. The lowest BCUT2D eigenvalue weighted by atomic mass is 10.1. The minimum atomic E-state index is -0.960. The number of fused-ring (bicyclic) bond motifs is 1. The predicted octanol–water partition coefficient (Wildman–Crippen LogP) is 1.72. The Morgan fingerprint density at radius 1 is 1.56 bits per heavy atom. The standard InChI is InChI=1S/C11H8N2O4S/c14-10(15)9-3-6-1-2-7(4-8(6)17-9)16-11-12-5-13-18-11/h1-2,4-5,9H,3H2,(H,14,15). The summed E-state index contributed by atoms with van der Waals surface area (Å²) in [4.78, 5) is 14.7. The topological polar surface area (TPSA) is 81.5 Å². The van der Waals surface area contributed by atoms with Crippen LogP contribution < -0.4 is 9.47 Å². The van der Waals surface area contributed by atoms with Gasteiger partial charge >= 0.3 is 5.97 Å². The zero-order valence-electron chi connectivity index (χ0n) is 9.07. The third kappa shape index (κ3) is 2.00. The minimum Gasteiger partial charge on any atom is -0.478 e. The van der Waals surface area contributed by atoms with Crippen LogP contribution in [-0.2, 0) is 11.2 Å². The van der Waals surface area contributed by atoms with E-state index in [0.29, 0.717) is 23.1 Å². The maximum atomic E-state index is 10.8. The lowest BCUT2D eigenvalue weighted by Crippen LogP contribution is -2.24. The maximum absolute atomic E-state index is 10.8. The first-order valence-corrected chi connectivity index (χ1v) is 5.96. The second-order valence-corrected chi connectivity index (χ2v) is 4.47. The highest BCUT2D eigenvalue weighted by Crippen LogP contribution is 2.34. The Hall–Kier alpha value is -2.15. The number of benzene rings is 1. The molecule has 0 fully saturated rings. The van der Waals surface area contributed by atoms with E-state index in [2.05, 4.69) is 9.36 Å². The number of nitrogens with zero attached hydrogens (tertiary/aromatic N) is 2. The molecule has 1 aromatic carbocycles. The molecular weight excluding hydrogens is 256 g/mol. The molecule has 0 spiro atoms. The van der Waals surface area contributed by atoms with Gasteiger partial charge in [-0.25, -0.2) is 4.79 Å². The number of carboxylic acids is 1. The fraction of sp³-hybridized carbons (Fsp3) is 0.182. The summed E-state index contributed by atoms with van der Waals surface area (Å²) in [5, 5.41) is 9.32.